The van der Waals surface area contributed by atoms with E-state index < -0.39 is 0 Å². The molecule has 1 aliphatic heterocycles. The predicted octanol–water partition coefficient (Wildman–Crippen LogP) is 4.42. The lowest BCUT2D eigenvalue weighted by molar-refractivity contribution is 0.0946. The zero-order valence-electron chi connectivity index (χ0n) is 8.05. The van der Waals surface area contributed by atoms with Gasteiger partial charge in [0.1, 0.15) is 0 Å². The van der Waals surface area contributed by atoms with Gasteiger partial charge in [0.15, 0.2) is 0 Å². The molecular formula is C11H11BrCl2O. The molecule has 2 unspecified atom stereocenters. The summed E-state index contributed by atoms with van der Waals surface area (Å²) < 4.78 is 6.70. The van der Waals surface area contributed by atoms with E-state index in [9.17, 15) is 0 Å². The Morgan fingerprint density at radius 1 is 1.47 bits per heavy atom. The number of benzene rings is 1. The van der Waals surface area contributed by atoms with Crippen LogP contribution in [0.1, 0.15) is 18.1 Å². The molecule has 1 aromatic rings. The molecule has 0 radical (unpaired) electrons. The van der Waals surface area contributed by atoms with Crippen LogP contribution in [0.5, 0.6) is 0 Å². The third kappa shape index (κ3) is 2.50. The molecule has 0 N–H and O–H groups in total. The molecule has 1 nitrogen and oxygen atoms in total. The Morgan fingerprint density at radius 2 is 2.27 bits per heavy atom. The molecule has 1 aromatic carbocycles. The number of hydrogen-bond donors (Lipinski definition) is 0. The summed E-state index contributed by atoms with van der Waals surface area (Å²) in [6.07, 6.45) is 1.14. The predicted molar refractivity (Wildman–Crippen MR) is 66.7 cm³/mol. The maximum atomic E-state index is 5.91. The van der Waals surface area contributed by atoms with E-state index in [2.05, 4.69) is 15.9 Å². The van der Waals surface area contributed by atoms with E-state index in [1.165, 1.54) is 0 Å². The molecule has 0 amide bonds. The van der Waals surface area contributed by atoms with Gasteiger partial charge in [0, 0.05) is 27.9 Å². The van der Waals surface area contributed by atoms with Crippen LogP contribution >= 0.6 is 39.1 Å². The van der Waals surface area contributed by atoms with Crippen LogP contribution in [0.2, 0.25) is 5.02 Å². The molecule has 1 heterocycles. The normalized spacial score (nSPS) is 25.8. The second-order valence-corrected chi connectivity index (χ2v) is 5.26. The molecule has 1 saturated heterocycles. The van der Waals surface area contributed by atoms with Crippen molar-refractivity contribution < 1.29 is 4.74 Å². The van der Waals surface area contributed by atoms with E-state index in [0.29, 0.717) is 11.8 Å². The fraction of sp³-hybridized carbons (Fsp3) is 0.455. The van der Waals surface area contributed by atoms with Gasteiger partial charge in [-0.2, -0.15) is 0 Å². The van der Waals surface area contributed by atoms with Gasteiger partial charge in [0.05, 0.1) is 6.10 Å². The second-order valence-electron chi connectivity index (χ2n) is 3.66. The van der Waals surface area contributed by atoms with Crippen molar-refractivity contribution in [1.29, 1.82) is 0 Å². The second kappa shape index (κ2) is 5.05. The van der Waals surface area contributed by atoms with Gasteiger partial charge < -0.3 is 4.74 Å². The lowest BCUT2D eigenvalue weighted by Crippen LogP contribution is -2.09. The van der Waals surface area contributed by atoms with Gasteiger partial charge in [0.25, 0.3) is 0 Å². The Kier molecular flexibility index (Phi) is 3.94. The molecule has 0 saturated carbocycles. The highest BCUT2D eigenvalue weighted by Gasteiger charge is 2.30. The number of alkyl halides is 1. The quantitative estimate of drug-likeness (QED) is 0.735. The molecule has 0 spiro atoms. The van der Waals surface area contributed by atoms with E-state index >= 15 is 0 Å². The first-order chi connectivity index (χ1) is 7.22. The SMILES string of the molecule is ClCC1CCOC1c1ccc(Cl)cc1Br. The summed E-state index contributed by atoms with van der Waals surface area (Å²) in [5.74, 6) is 1.05. The lowest BCUT2D eigenvalue weighted by Gasteiger charge is -2.18. The zero-order valence-corrected chi connectivity index (χ0v) is 11.1. The first kappa shape index (κ1) is 11.7. The molecular weight excluding hydrogens is 299 g/mol. The molecule has 15 heavy (non-hydrogen) atoms. The van der Waals surface area contributed by atoms with Gasteiger partial charge in [-0.05, 0) is 24.1 Å². The van der Waals surface area contributed by atoms with Crippen LogP contribution in [0.15, 0.2) is 22.7 Å². The maximum absolute atomic E-state index is 5.91. The molecule has 4 heteroatoms. The Balaban J connectivity index is 2.28. The smallest absolute Gasteiger partial charge is 0.0876 e. The van der Waals surface area contributed by atoms with Gasteiger partial charge in [-0.25, -0.2) is 0 Å². The fourth-order valence-electron chi connectivity index (χ4n) is 1.87. The van der Waals surface area contributed by atoms with Gasteiger partial charge in [-0.15, -0.1) is 11.6 Å². The zero-order chi connectivity index (χ0) is 10.8. The van der Waals surface area contributed by atoms with Crippen molar-refractivity contribution in [3.63, 3.8) is 0 Å². The summed E-state index contributed by atoms with van der Waals surface area (Å²) in [4.78, 5) is 0. The van der Waals surface area contributed by atoms with Gasteiger partial charge >= 0.3 is 0 Å². The molecule has 0 aromatic heterocycles. The first-order valence-corrected chi connectivity index (χ1v) is 6.55. The summed E-state index contributed by atoms with van der Waals surface area (Å²) in [5, 5.41) is 0.728. The van der Waals surface area contributed by atoms with E-state index in [1.54, 1.807) is 0 Å². The fourth-order valence-corrected chi connectivity index (χ4v) is 3.09. The lowest BCUT2D eigenvalue weighted by atomic mass is 9.97. The van der Waals surface area contributed by atoms with Crippen LogP contribution in [0.3, 0.4) is 0 Å². The van der Waals surface area contributed by atoms with Crippen molar-refractivity contribution in [2.75, 3.05) is 12.5 Å². The number of ether oxygens (including phenoxy) is 1. The van der Waals surface area contributed by atoms with Crippen LogP contribution in [0.4, 0.5) is 0 Å². The van der Waals surface area contributed by atoms with Crippen LogP contribution < -0.4 is 0 Å². The van der Waals surface area contributed by atoms with Crippen LogP contribution in [0.25, 0.3) is 0 Å². The Hall–Kier alpha value is 0.240. The Labute approximate surface area is 108 Å². The Bertz CT molecular complexity index is 356. The van der Waals surface area contributed by atoms with Crippen molar-refractivity contribution in [3.8, 4) is 0 Å². The minimum Gasteiger partial charge on any atom is -0.373 e. The first-order valence-electron chi connectivity index (χ1n) is 4.85. The summed E-state index contributed by atoms with van der Waals surface area (Å²) >= 11 is 15.3. The molecule has 82 valence electrons. The summed E-state index contributed by atoms with van der Waals surface area (Å²) in [6, 6.07) is 5.78. The van der Waals surface area contributed by atoms with Crippen LogP contribution in [-0.2, 0) is 4.74 Å². The van der Waals surface area contributed by atoms with Crippen molar-refractivity contribution in [3.05, 3.63) is 33.3 Å². The van der Waals surface area contributed by atoms with Crippen molar-refractivity contribution >= 4 is 39.1 Å². The summed E-state index contributed by atoms with van der Waals surface area (Å²) in [5.41, 5.74) is 1.14. The van der Waals surface area contributed by atoms with E-state index in [1.807, 2.05) is 18.2 Å². The average molecular weight is 310 g/mol. The third-order valence-corrected chi connectivity index (χ3v) is 4.00. The minimum atomic E-state index is 0.106. The largest absolute Gasteiger partial charge is 0.373 e. The Morgan fingerprint density at radius 3 is 2.93 bits per heavy atom. The average Bonchev–Trinajstić information content (AvgIpc) is 2.65. The van der Waals surface area contributed by atoms with Crippen molar-refractivity contribution in [2.24, 2.45) is 5.92 Å². The number of rotatable bonds is 2. The molecule has 1 aliphatic rings. The molecule has 0 bridgehead atoms. The monoisotopic (exact) mass is 308 g/mol. The highest BCUT2D eigenvalue weighted by atomic mass is 79.9. The molecule has 1 fully saturated rings. The number of halogens is 3. The van der Waals surface area contributed by atoms with Crippen LogP contribution in [0, 0.1) is 5.92 Å². The highest BCUT2D eigenvalue weighted by molar-refractivity contribution is 9.10. The van der Waals surface area contributed by atoms with Gasteiger partial charge in [0.2, 0.25) is 0 Å². The van der Waals surface area contributed by atoms with Crippen LogP contribution in [-0.4, -0.2) is 12.5 Å². The molecule has 2 rings (SSSR count). The van der Waals surface area contributed by atoms with Gasteiger partial charge in [-0.1, -0.05) is 33.6 Å². The molecule has 0 aliphatic carbocycles. The topological polar surface area (TPSA) is 9.23 Å². The molecule has 2 atom stereocenters. The maximum Gasteiger partial charge on any atom is 0.0876 e. The summed E-state index contributed by atoms with van der Waals surface area (Å²) in [7, 11) is 0. The van der Waals surface area contributed by atoms with E-state index in [0.717, 1.165) is 28.1 Å². The van der Waals surface area contributed by atoms with E-state index in [-0.39, 0.29) is 6.10 Å². The third-order valence-electron chi connectivity index (χ3n) is 2.68. The highest BCUT2D eigenvalue weighted by Crippen LogP contribution is 2.39. The van der Waals surface area contributed by atoms with Crippen molar-refractivity contribution in [2.45, 2.75) is 12.5 Å². The van der Waals surface area contributed by atoms with Crippen molar-refractivity contribution in [1.82, 2.24) is 0 Å². The van der Waals surface area contributed by atoms with Gasteiger partial charge in [-0.3, -0.25) is 0 Å². The summed E-state index contributed by atoms with van der Waals surface area (Å²) in [6.45, 7) is 0.789. The van der Waals surface area contributed by atoms with E-state index in [4.69, 9.17) is 27.9 Å². The minimum absolute atomic E-state index is 0.106. The standard InChI is InChI=1S/C11H11BrCl2O/c12-10-5-8(14)1-2-9(10)11-7(6-13)3-4-15-11/h1-2,5,7,11H,3-4,6H2. The number of hydrogen-bond acceptors (Lipinski definition) is 1.